The van der Waals surface area contributed by atoms with E-state index in [1.807, 2.05) is 6.92 Å². The predicted molar refractivity (Wildman–Crippen MR) is 63.8 cm³/mol. The molecule has 6 nitrogen and oxygen atoms in total. The molecule has 0 unspecified atom stereocenters. The van der Waals surface area contributed by atoms with Gasteiger partial charge in [0.25, 0.3) is 10.0 Å². The molecule has 98 valence electrons. The third-order valence-electron chi connectivity index (χ3n) is 3.10. The lowest BCUT2D eigenvalue weighted by Gasteiger charge is -2.38. The second-order valence-electron chi connectivity index (χ2n) is 4.71. The molecule has 0 radical (unpaired) electrons. The Kier molecular flexibility index (Phi) is 3.12. The number of hydrogen-bond donors (Lipinski definition) is 2. The molecule has 2 N–H and O–H groups in total. The van der Waals surface area contributed by atoms with E-state index in [-0.39, 0.29) is 10.6 Å². The number of nitrogens with zero attached hydrogens (tertiary/aromatic N) is 1. The number of aromatic carboxylic acids is 1. The number of nitrogens with one attached hydrogen (secondary N) is 1. The highest BCUT2D eigenvalue weighted by atomic mass is 32.2. The van der Waals surface area contributed by atoms with Crippen molar-refractivity contribution in [1.82, 2.24) is 9.71 Å². The highest BCUT2D eigenvalue weighted by molar-refractivity contribution is 7.89. The van der Waals surface area contributed by atoms with Crippen molar-refractivity contribution in [3.63, 3.8) is 0 Å². The number of hydrogen-bond acceptors (Lipinski definition) is 4. The predicted octanol–water partition coefficient (Wildman–Crippen LogP) is 1.00. The molecular weight excluding hydrogens is 256 g/mol. The van der Waals surface area contributed by atoms with Crippen molar-refractivity contribution in [2.75, 3.05) is 0 Å². The second-order valence-corrected chi connectivity index (χ2v) is 6.34. The van der Waals surface area contributed by atoms with E-state index in [9.17, 15) is 13.2 Å². The van der Waals surface area contributed by atoms with Gasteiger partial charge in [-0.1, -0.05) is 0 Å². The van der Waals surface area contributed by atoms with Crippen molar-refractivity contribution >= 4 is 16.0 Å². The largest absolute Gasteiger partial charge is 0.478 e. The third-order valence-corrected chi connectivity index (χ3v) is 4.65. The van der Waals surface area contributed by atoms with E-state index >= 15 is 0 Å². The first-order valence-electron chi connectivity index (χ1n) is 5.56. The Hall–Kier alpha value is -1.47. The quantitative estimate of drug-likeness (QED) is 0.850. The standard InChI is InChI=1S/C11H14N2O4S/c1-11(5-2-6-11)13-18(16,17)9-4-3-8(7-12-9)10(14)15/h3-4,7,13H,2,5-6H2,1H3,(H,14,15). The van der Waals surface area contributed by atoms with Gasteiger partial charge in [-0.3, -0.25) is 0 Å². The van der Waals surface area contributed by atoms with Gasteiger partial charge in [-0.15, -0.1) is 0 Å². The van der Waals surface area contributed by atoms with Gasteiger partial charge in [-0.25, -0.2) is 22.9 Å². The zero-order valence-corrected chi connectivity index (χ0v) is 10.7. The minimum absolute atomic E-state index is 0.0381. The van der Waals surface area contributed by atoms with Crippen LogP contribution < -0.4 is 4.72 Å². The fourth-order valence-electron chi connectivity index (χ4n) is 1.85. The third kappa shape index (κ3) is 2.51. The first-order chi connectivity index (χ1) is 8.32. The average molecular weight is 270 g/mol. The molecule has 7 heteroatoms. The molecule has 2 rings (SSSR count). The molecule has 0 bridgehead atoms. The lowest BCUT2D eigenvalue weighted by Crippen LogP contribution is -2.50. The van der Waals surface area contributed by atoms with E-state index in [2.05, 4.69) is 9.71 Å². The number of aromatic nitrogens is 1. The summed E-state index contributed by atoms with van der Waals surface area (Å²) in [6, 6.07) is 2.43. The van der Waals surface area contributed by atoms with Crippen molar-refractivity contribution in [2.24, 2.45) is 0 Å². The Labute approximate surface area is 105 Å². The first-order valence-corrected chi connectivity index (χ1v) is 7.04. The number of sulfonamides is 1. The molecule has 0 spiro atoms. The van der Waals surface area contributed by atoms with E-state index in [1.54, 1.807) is 0 Å². The monoisotopic (exact) mass is 270 g/mol. The number of pyridine rings is 1. The van der Waals surface area contributed by atoms with Gasteiger partial charge in [0.05, 0.1) is 5.56 Å². The number of carbonyl (C=O) groups is 1. The smallest absolute Gasteiger partial charge is 0.337 e. The van der Waals surface area contributed by atoms with Gasteiger partial charge in [-0.2, -0.15) is 0 Å². The summed E-state index contributed by atoms with van der Waals surface area (Å²) in [5.74, 6) is -1.13. The summed E-state index contributed by atoms with van der Waals surface area (Å²) in [6.07, 6.45) is 3.66. The number of carboxylic acid groups (broad SMARTS) is 1. The van der Waals surface area contributed by atoms with E-state index in [0.717, 1.165) is 25.5 Å². The van der Waals surface area contributed by atoms with Gasteiger partial charge in [-0.05, 0) is 38.3 Å². The van der Waals surface area contributed by atoms with E-state index in [0.29, 0.717) is 0 Å². The summed E-state index contributed by atoms with van der Waals surface area (Å²) in [6.45, 7) is 1.85. The highest BCUT2D eigenvalue weighted by Gasteiger charge is 2.36. The molecule has 1 saturated carbocycles. The van der Waals surface area contributed by atoms with Crippen LogP contribution in [0, 0.1) is 0 Å². The van der Waals surface area contributed by atoms with E-state index in [1.165, 1.54) is 12.1 Å². The zero-order valence-electron chi connectivity index (χ0n) is 9.88. The summed E-state index contributed by atoms with van der Waals surface area (Å²) in [5.41, 5.74) is -0.435. The Morgan fingerprint density at radius 2 is 2.11 bits per heavy atom. The summed E-state index contributed by atoms with van der Waals surface area (Å²) < 4.78 is 26.6. The molecule has 1 aromatic heterocycles. The maximum Gasteiger partial charge on any atom is 0.337 e. The van der Waals surface area contributed by atoms with Gasteiger partial charge in [0.2, 0.25) is 0 Å². The highest BCUT2D eigenvalue weighted by Crippen LogP contribution is 2.32. The Bertz CT molecular complexity index is 561. The van der Waals surface area contributed by atoms with Crippen LogP contribution in [0.1, 0.15) is 36.5 Å². The van der Waals surface area contributed by atoms with Crippen LogP contribution in [0.4, 0.5) is 0 Å². The topological polar surface area (TPSA) is 96.4 Å². The fourth-order valence-corrected chi connectivity index (χ4v) is 3.25. The van der Waals surface area contributed by atoms with Crippen molar-refractivity contribution in [3.05, 3.63) is 23.9 Å². The summed E-state index contributed by atoms with van der Waals surface area (Å²) in [4.78, 5) is 14.3. The molecule has 1 fully saturated rings. The molecule has 0 aliphatic heterocycles. The molecule has 1 aliphatic carbocycles. The zero-order chi connectivity index (χ0) is 13.4. The molecule has 0 saturated heterocycles. The van der Waals surface area contributed by atoms with Gasteiger partial charge in [0.15, 0.2) is 5.03 Å². The molecular formula is C11H14N2O4S. The number of rotatable bonds is 4. The first kappa shape index (κ1) is 13.0. The summed E-state index contributed by atoms with van der Waals surface area (Å²) in [7, 11) is -3.68. The summed E-state index contributed by atoms with van der Waals surface area (Å²) in [5, 5.41) is 8.55. The maximum atomic E-state index is 12.0. The van der Waals surface area contributed by atoms with Crippen molar-refractivity contribution < 1.29 is 18.3 Å². The van der Waals surface area contributed by atoms with Crippen LogP contribution in [0.25, 0.3) is 0 Å². The minimum Gasteiger partial charge on any atom is -0.478 e. The molecule has 18 heavy (non-hydrogen) atoms. The van der Waals surface area contributed by atoms with E-state index in [4.69, 9.17) is 5.11 Å². The lowest BCUT2D eigenvalue weighted by molar-refractivity contribution is 0.0696. The SMILES string of the molecule is CC1(NS(=O)(=O)c2ccc(C(=O)O)cn2)CCC1. The van der Waals surface area contributed by atoms with Crippen LogP contribution in [0.5, 0.6) is 0 Å². The van der Waals surface area contributed by atoms with Crippen molar-refractivity contribution in [3.8, 4) is 0 Å². The van der Waals surface area contributed by atoms with E-state index < -0.39 is 21.5 Å². The molecule has 0 atom stereocenters. The van der Waals surface area contributed by atoms with Crippen LogP contribution >= 0.6 is 0 Å². The van der Waals surface area contributed by atoms with Crippen LogP contribution in [-0.4, -0.2) is 30.0 Å². The van der Waals surface area contributed by atoms with Crippen LogP contribution in [0.15, 0.2) is 23.4 Å². The normalized spacial score (nSPS) is 18.1. The second kappa shape index (κ2) is 4.33. The molecule has 0 aromatic carbocycles. The average Bonchev–Trinajstić information content (AvgIpc) is 2.26. The van der Waals surface area contributed by atoms with Gasteiger partial charge in [0, 0.05) is 11.7 Å². The lowest BCUT2D eigenvalue weighted by atomic mass is 9.80. The Morgan fingerprint density at radius 3 is 2.50 bits per heavy atom. The van der Waals surface area contributed by atoms with Crippen molar-refractivity contribution in [1.29, 1.82) is 0 Å². The van der Waals surface area contributed by atoms with Gasteiger partial charge < -0.3 is 5.11 Å². The van der Waals surface area contributed by atoms with Crippen LogP contribution in [0.3, 0.4) is 0 Å². The number of carboxylic acids is 1. The molecule has 1 aromatic rings. The summed E-state index contributed by atoms with van der Waals surface area (Å²) >= 11 is 0. The van der Waals surface area contributed by atoms with Crippen molar-refractivity contribution in [2.45, 2.75) is 36.8 Å². The molecule has 1 heterocycles. The fraction of sp³-hybridized carbons (Fsp3) is 0.455. The van der Waals surface area contributed by atoms with Crippen LogP contribution in [-0.2, 0) is 10.0 Å². The maximum absolute atomic E-state index is 12.0. The minimum atomic E-state index is -3.68. The van der Waals surface area contributed by atoms with Gasteiger partial charge >= 0.3 is 5.97 Å². The Balaban J connectivity index is 2.22. The van der Waals surface area contributed by atoms with Crippen LogP contribution in [0.2, 0.25) is 0 Å². The molecule has 0 amide bonds. The Morgan fingerprint density at radius 1 is 1.44 bits per heavy atom. The van der Waals surface area contributed by atoms with Gasteiger partial charge in [0.1, 0.15) is 0 Å². The molecule has 1 aliphatic rings.